The summed E-state index contributed by atoms with van der Waals surface area (Å²) in [7, 11) is 0. The molecule has 0 aliphatic carbocycles. The molecule has 2 aliphatic heterocycles. The van der Waals surface area contributed by atoms with Crippen molar-refractivity contribution in [1.82, 2.24) is 15.1 Å². The average molecular weight is 372 g/mol. The van der Waals surface area contributed by atoms with Crippen LogP contribution < -0.4 is 5.32 Å². The monoisotopic (exact) mass is 371 g/mol. The number of carbonyl (C=O) groups excluding carboxylic acids is 2. The van der Waals surface area contributed by atoms with Gasteiger partial charge >= 0.3 is 0 Å². The van der Waals surface area contributed by atoms with Crippen molar-refractivity contribution < 1.29 is 9.59 Å². The molecule has 7 heteroatoms. The Bertz CT molecular complexity index is 566. The molecule has 1 atom stereocenters. The zero-order valence-electron chi connectivity index (χ0n) is 13.5. The predicted octanol–water partition coefficient (Wildman–Crippen LogP) is 1.58. The molecule has 0 aromatic heterocycles. The smallest absolute Gasteiger partial charge is 0.227 e. The molecule has 2 saturated heterocycles. The normalized spacial score (nSPS) is 20.6. The highest BCUT2D eigenvalue weighted by Crippen LogP contribution is 2.15. The summed E-state index contributed by atoms with van der Waals surface area (Å²) in [5.41, 5.74) is 0.968. The van der Waals surface area contributed by atoms with Crippen LogP contribution in [0.2, 0.25) is 5.02 Å². The average Bonchev–Trinajstić information content (AvgIpc) is 3.11. The Morgan fingerprint density at radius 2 is 1.71 bits per heavy atom. The lowest BCUT2D eigenvalue weighted by Gasteiger charge is -2.36. The van der Waals surface area contributed by atoms with Crippen LogP contribution in [-0.2, 0) is 16.0 Å². The Balaban J connectivity index is 0.00000208. The van der Waals surface area contributed by atoms with Crippen LogP contribution in [0.5, 0.6) is 0 Å². The molecule has 1 aromatic rings. The second-order valence-electron chi connectivity index (χ2n) is 6.20. The number of hydrogen-bond donors (Lipinski definition) is 1. The zero-order valence-corrected chi connectivity index (χ0v) is 15.1. The maximum atomic E-state index is 12.4. The molecule has 3 rings (SSSR count). The highest BCUT2D eigenvalue weighted by atomic mass is 35.5. The SMILES string of the molecule is Cl.O=C(Cc1ccc(Cl)cc1)N1CCN(C(=O)C2CCNC2)CC1. The summed E-state index contributed by atoms with van der Waals surface area (Å²) in [6.45, 7) is 4.24. The molecule has 1 aromatic carbocycles. The summed E-state index contributed by atoms with van der Waals surface area (Å²) < 4.78 is 0. The van der Waals surface area contributed by atoms with E-state index in [0.29, 0.717) is 37.6 Å². The molecule has 0 radical (unpaired) electrons. The van der Waals surface area contributed by atoms with E-state index in [1.165, 1.54) is 0 Å². The van der Waals surface area contributed by atoms with Gasteiger partial charge in [-0.3, -0.25) is 9.59 Å². The first kappa shape index (κ1) is 19.0. The van der Waals surface area contributed by atoms with E-state index in [2.05, 4.69) is 5.32 Å². The van der Waals surface area contributed by atoms with Crippen molar-refractivity contribution in [2.75, 3.05) is 39.3 Å². The highest BCUT2D eigenvalue weighted by molar-refractivity contribution is 6.30. The van der Waals surface area contributed by atoms with Crippen LogP contribution in [0.1, 0.15) is 12.0 Å². The highest BCUT2D eigenvalue weighted by Gasteiger charge is 2.30. The van der Waals surface area contributed by atoms with Gasteiger partial charge in [0.15, 0.2) is 0 Å². The largest absolute Gasteiger partial charge is 0.339 e. The third-order valence-electron chi connectivity index (χ3n) is 4.62. The molecular weight excluding hydrogens is 349 g/mol. The van der Waals surface area contributed by atoms with Gasteiger partial charge in [-0.15, -0.1) is 12.4 Å². The summed E-state index contributed by atoms with van der Waals surface area (Å²) in [6.07, 6.45) is 1.31. The standard InChI is InChI=1S/C17H22ClN3O2.ClH/c18-15-3-1-13(2-4-15)11-16(22)20-7-9-21(10-8-20)17(23)14-5-6-19-12-14;/h1-4,14,19H,5-12H2;1H. The number of nitrogens with one attached hydrogen (secondary N) is 1. The summed E-state index contributed by atoms with van der Waals surface area (Å²) in [5.74, 6) is 0.466. The Kier molecular flexibility index (Phi) is 6.90. The van der Waals surface area contributed by atoms with Crippen LogP contribution in [0, 0.1) is 5.92 Å². The van der Waals surface area contributed by atoms with E-state index in [1.807, 2.05) is 21.9 Å². The number of amides is 2. The van der Waals surface area contributed by atoms with E-state index < -0.39 is 0 Å². The van der Waals surface area contributed by atoms with Gasteiger partial charge < -0.3 is 15.1 Å². The topological polar surface area (TPSA) is 52.7 Å². The molecule has 24 heavy (non-hydrogen) atoms. The van der Waals surface area contributed by atoms with Crippen molar-refractivity contribution >= 4 is 35.8 Å². The Hall–Kier alpha value is -1.30. The molecule has 0 saturated carbocycles. The predicted molar refractivity (Wildman–Crippen MR) is 96.5 cm³/mol. The number of nitrogens with zero attached hydrogens (tertiary/aromatic N) is 2. The van der Waals surface area contributed by atoms with Crippen LogP contribution in [0.15, 0.2) is 24.3 Å². The number of piperazine rings is 1. The Labute approximate surface area is 153 Å². The van der Waals surface area contributed by atoms with Gasteiger partial charge in [0.2, 0.25) is 11.8 Å². The number of hydrogen-bond acceptors (Lipinski definition) is 3. The minimum absolute atomic E-state index is 0. The molecule has 0 spiro atoms. The van der Waals surface area contributed by atoms with E-state index >= 15 is 0 Å². The molecule has 132 valence electrons. The summed E-state index contributed by atoms with van der Waals surface area (Å²) in [4.78, 5) is 28.5. The van der Waals surface area contributed by atoms with Gasteiger partial charge in [0.25, 0.3) is 0 Å². The van der Waals surface area contributed by atoms with Gasteiger partial charge in [-0.1, -0.05) is 23.7 Å². The molecule has 0 bridgehead atoms. The van der Waals surface area contributed by atoms with E-state index in [9.17, 15) is 9.59 Å². The second-order valence-corrected chi connectivity index (χ2v) is 6.64. The van der Waals surface area contributed by atoms with E-state index in [4.69, 9.17) is 11.6 Å². The fourth-order valence-electron chi connectivity index (χ4n) is 3.19. The molecular formula is C17H23Cl2N3O2. The molecule has 1 N–H and O–H groups in total. The van der Waals surface area contributed by atoms with Crippen molar-refractivity contribution in [2.45, 2.75) is 12.8 Å². The lowest BCUT2D eigenvalue weighted by atomic mass is 10.1. The summed E-state index contributed by atoms with van der Waals surface area (Å²) in [5, 5.41) is 3.90. The Morgan fingerprint density at radius 1 is 1.08 bits per heavy atom. The van der Waals surface area contributed by atoms with E-state index in [0.717, 1.165) is 25.1 Å². The zero-order chi connectivity index (χ0) is 16.2. The third kappa shape index (κ3) is 4.62. The van der Waals surface area contributed by atoms with Gasteiger partial charge in [0, 0.05) is 37.7 Å². The van der Waals surface area contributed by atoms with Crippen LogP contribution in [0.25, 0.3) is 0 Å². The van der Waals surface area contributed by atoms with Crippen LogP contribution >= 0.6 is 24.0 Å². The van der Waals surface area contributed by atoms with Crippen molar-refractivity contribution in [2.24, 2.45) is 5.92 Å². The van der Waals surface area contributed by atoms with Crippen molar-refractivity contribution in [3.63, 3.8) is 0 Å². The molecule has 2 amide bonds. The number of carbonyl (C=O) groups is 2. The quantitative estimate of drug-likeness (QED) is 0.877. The number of rotatable bonds is 3. The maximum Gasteiger partial charge on any atom is 0.227 e. The molecule has 1 unspecified atom stereocenters. The minimum atomic E-state index is 0. The first-order valence-electron chi connectivity index (χ1n) is 8.15. The number of benzene rings is 1. The molecule has 5 nitrogen and oxygen atoms in total. The van der Waals surface area contributed by atoms with Gasteiger partial charge in [-0.05, 0) is 30.7 Å². The Morgan fingerprint density at radius 3 is 2.29 bits per heavy atom. The maximum absolute atomic E-state index is 12.4. The van der Waals surface area contributed by atoms with Gasteiger partial charge in [-0.2, -0.15) is 0 Å². The van der Waals surface area contributed by atoms with E-state index in [-0.39, 0.29) is 30.1 Å². The summed E-state index contributed by atoms with van der Waals surface area (Å²) in [6, 6.07) is 7.37. The number of halogens is 2. The fourth-order valence-corrected chi connectivity index (χ4v) is 3.31. The second kappa shape index (κ2) is 8.70. The van der Waals surface area contributed by atoms with Crippen molar-refractivity contribution in [1.29, 1.82) is 0 Å². The summed E-state index contributed by atoms with van der Waals surface area (Å²) >= 11 is 5.86. The molecule has 2 heterocycles. The van der Waals surface area contributed by atoms with Crippen molar-refractivity contribution in [3.05, 3.63) is 34.9 Å². The lowest BCUT2D eigenvalue weighted by molar-refractivity contribution is -0.141. The third-order valence-corrected chi connectivity index (χ3v) is 4.87. The van der Waals surface area contributed by atoms with Gasteiger partial charge in [0.05, 0.1) is 12.3 Å². The van der Waals surface area contributed by atoms with Crippen molar-refractivity contribution in [3.8, 4) is 0 Å². The lowest BCUT2D eigenvalue weighted by Crippen LogP contribution is -2.52. The first-order valence-corrected chi connectivity index (χ1v) is 8.53. The van der Waals surface area contributed by atoms with Gasteiger partial charge in [0.1, 0.15) is 0 Å². The molecule has 2 fully saturated rings. The van der Waals surface area contributed by atoms with E-state index in [1.54, 1.807) is 12.1 Å². The van der Waals surface area contributed by atoms with Crippen LogP contribution in [0.3, 0.4) is 0 Å². The van der Waals surface area contributed by atoms with Gasteiger partial charge in [-0.25, -0.2) is 0 Å². The first-order chi connectivity index (χ1) is 11.1. The fraction of sp³-hybridized carbons (Fsp3) is 0.529. The molecule has 2 aliphatic rings. The minimum Gasteiger partial charge on any atom is -0.339 e. The van der Waals surface area contributed by atoms with Crippen LogP contribution in [0.4, 0.5) is 0 Å². The van der Waals surface area contributed by atoms with Crippen LogP contribution in [-0.4, -0.2) is 60.9 Å².